The minimum Gasteiger partial charge on any atom is -0.497 e. The first-order chi connectivity index (χ1) is 16.2. The number of hydrogen-bond donors (Lipinski definition) is 1. The molecule has 4 aromatic rings. The largest absolute Gasteiger partial charge is 0.497 e. The lowest BCUT2D eigenvalue weighted by molar-refractivity contribution is 0.0734. The van der Waals surface area contributed by atoms with Crippen LogP contribution in [0.4, 0.5) is 0 Å². The molecule has 0 bridgehead atoms. The molecule has 0 aliphatic rings. The molecule has 0 aliphatic heterocycles. The van der Waals surface area contributed by atoms with Crippen molar-refractivity contribution in [1.29, 1.82) is 0 Å². The summed E-state index contributed by atoms with van der Waals surface area (Å²) < 4.78 is 12.5. The van der Waals surface area contributed by atoms with Gasteiger partial charge in [-0.3, -0.25) is 4.79 Å². The number of hydrogen-bond acceptors (Lipinski definition) is 5. The van der Waals surface area contributed by atoms with Gasteiger partial charge in [0.2, 0.25) is 0 Å². The van der Waals surface area contributed by atoms with Gasteiger partial charge in [-0.2, -0.15) is 5.10 Å². The molecule has 0 atom stereocenters. The van der Waals surface area contributed by atoms with E-state index in [1.165, 1.54) is 6.21 Å². The molecule has 7 nitrogen and oxygen atoms in total. The number of para-hydroxylation sites is 2. The van der Waals surface area contributed by atoms with Gasteiger partial charge < -0.3 is 14.0 Å². The van der Waals surface area contributed by atoms with Gasteiger partial charge in [0.15, 0.2) is 0 Å². The van der Waals surface area contributed by atoms with Gasteiger partial charge >= 0.3 is 5.97 Å². The highest BCUT2D eigenvalue weighted by atomic mass is 16.5. The van der Waals surface area contributed by atoms with Crippen LogP contribution in [0.2, 0.25) is 0 Å². The van der Waals surface area contributed by atoms with Crippen molar-refractivity contribution in [3.63, 3.8) is 0 Å². The second kappa shape index (κ2) is 10.1. The Kier molecular flexibility index (Phi) is 6.61. The smallest absolute Gasteiger partial charge is 0.343 e. The third kappa shape index (κ3) is 5.16. The molecule has 1 amide bonds. The molecule has 0 fully saturated rings. The topological polar surface area (TPSA) is 81.9 Å². The Morgan fingerprint density at radius 3 is 2.33 bits per heavy atom. The van der Waals surface area contributed by atoms with Crippen molar-refractivity contribution in [3.8, 4) is 17.2 Å². The predicted molar refractivity (Wildman–Crippen MR) is 125 cm³/mol. The normalized spacial score (nSPS) is 10.7. The molecule has 1 aromatic heterocycles. The summed E-state index contributed by atoms with van der Waals surface area (Å²) in [6.45, 7) is 0. The third-order valence-corrected chi connectivity index (χ3v) is 4.85. The van der Waals surface area contributed by atoms with E-state index in [-0.39, 0.29) is 5.91 Å². The van der Waals surface area contributed by atoms with E-state index in [0.717, 1.165) is 5.69 Å². The Morgan fingerprint density at radius 1 is 0.879 bits per heavy atom. The van der Waals surface area contributed by atoms with Gasteiger partial charge in [0.25, 0.3) is 5.91 Å². The van der Waals surface area contributed by atoms with E-state index in [2.05, 4.69) is 10.5 Å². The molecule has 3 aromatic carbocycles. The van der Waals surface area contributed by atoms with Crippen LogP contribution in [0.25, 0.3) is 5.69 Å². The number of hydrazone groups is 1. The SMILES string of the molecule is COc1ccc(C(=O)Oc2ccccc2/C=N/NC(=O)c2ccccc2-n2cccc2)cc1. The third-order valence-electron chi connectivity index (χ3n) is 4.85. The molecule has 0 aliphatic carbocycles. The number of amides is 1. The molecule has 1 heterocycles. The van der Waals surface area contributed by atoms with Crippen molar-refractivity contribution in [2.24, 2.45) is 5.10 Å². The van der Waals surface area contributed by atoms with Crippen LogP contribution in [0.5, 0.6) is 11.5 Å². The lowest BCUT2D eigenvalue weighted by atomic mass is 10.1. The standard InChI is InChI=1S/C26H21N3O4/c1-32-21-14-12-19(13-15-21)26(31)33-24-11-5-2-8-20(24)18-27-28-25(30)22-9-3-4-10-23(22)29-16-6-7-17-29/h2-18H,1H3,(H,28,30)/b27-18+. The van der Waals surface area contributed by atoms with E-state index in [1.807, 2.05) is 41.2 Å². The van der Waals surface area contributed by atoms with Crippen LogP contribution in [-0.4, -0.2) is 29.8 Å². The van der Waals surface area contributed by atoms with E-state index in [0.29, 0.717) is 28.2 Å². The summed E-state index contributed by atoms with van der Waals surface area (Å²) in [7, 11) is 1.56. The molecule has 1 N–H and O–H groups in total. The van der Waals surface area contributed by atoms with Gasteiger partial charge in [-0.05, 0) is 60.7 Å². The molecule has 0 unspecified atom stereocenters. The van der Waals surface area contributed by atoms with E-state index in [9.17, 15) is 9.59 Å². The number of aromatic nitrogens is 1. The maximum Gasteiger partial charge on any atom is 0.343 e. The summed E-state index contributed by atoms with van der Waals surface area (Å²) in [4.78, 5) is 25.2. The van der Waals surface area contributed by atoms with Gasteiger partial charge in [-0.1, -0.05) is 24.3 Å². The fraction of sp³-hybridized carbons (Fsp3) is 0.0385. The van der Waals surface area contributed by atoms with Crippen LogP contribution in [-0.2, 0) is 0 Å². The summed E-state index contributed by atoms with van der Waals surface area (Å²) in [5.74, 6) is 0.101. The zero-order chi connectivity index (χ0) is 23.0. The molecule has 0 saturated heterocycles. The van der Waals surface area contributed by atoms with Crippen molar-refractivity contribution >= 4 is 18.1 Å². The van der Waals surface area contributed by atoms with Crippen molar-refractivity contribution in [2.45, 2.75) is 0 Å². The van der Waals surface area contributed by atoms with Gasteiger partial charge in [0.1, 0.15) is 11.5 Å². The number of benzene rings is 3. The summed E-state index contributed by atoms with van der Waals surface area (Å²) >= 11 is 0. The van der Waals surface area contributed by atoms with Crippen molar-refractivity contribution in [1.82, 2.24) is 9.99 Å². The van der Waals surface area contributed by atoms with E-state index in [4.69, 9.17) is 9.47 Å². The number of rotatable bonds is 7. The van der Waals surface area contributed by atoms with Crippen molar-refractivity contribution in [2.75, 3.05) is 7.11 Å². The highest BCUT2D eigenvalue weighted by Crippen LogP contribution is 2.19. The van der Waals surface area contributed by atoms with Crippen molar-refractivity contribution in [3.05, 3.63) is 114 Å². The van der Waals surface area contributed by atoms with Crippen LogP contribution in [0, 0.1) is 0 Å². The molecule has 0 saturated carbocycles. The summed E-state index contributed by atoms with van der Waals surface area (Å²) in [6.07, 6.45) is 5.17. The highest BCUT2D eigenvalue weighted by Gasteiger charge is 2.13. The number of carbonyl (C=O) groups excluding carboxylic acids is 2. The van der Waals surface area contributed by atoms with Crippen LogP contribution in [0.3, 0.4) is 0 Å². The number of esters is 1. The molecule has 4 rings (SSSR count). The number of methoxy groups -OCH3 is 1. The second-order valence-corrected chi connectivity index (χ2v) is 6.96. The molecule has 164 valence electrons. The minimum atomic E-state index is -0.511. The minimum absolute atomic E-state index is 0.323. The fourth-order valence-electron chi connectivity index (χ4n) is 3.17. The summed E-state index contributed by atoms with van der Waals surface area (Å²) in [5.41, 5.74) is 4.68. The number of nitrogens with one attached hydrogen (secondary N) is 1. The number of nitrogens with zero attached hydrogens (tertiary/aromatic N) is 2. The Balaban J connectivity index is 1.46. The molecule has 7 heteroatoms. The average Bonchev–Trinajstić information content (AvgIpc) is 3.40. The second-order valence-electron chi connectivity index (χ2n) is 6.96. The van der Waals surface area contributed by atoms with E-state index >= 15 is 0 Å². The zero-order valence-electron chi connectivity index (χ0n) is 17.8. The number of ether oxygens (including phenoxy) is 2. The van der Waals surface area contributed by atoms with Crippen LogP contribution in [0.15, 0.2) is 102 Å². The van der Waals surface area contributed by atoms with Crippen LogP contribution >= 0.6 is 0 Å². The van der Waals surface area contributed by atoms with E-state index < -0.39 is 5.97 Å². The van der Waals surface area contributed by atoms with E-state index in [1.54, 1.807) is 67.8 Å². The maximum atomic E-state index is 12.7. The lowest BCUT2D eigenvalue weighted by Crippen LogP contribution is -2.19. The summed E-state index contributed by atoms with van der Waals surface area (Å²) in [5, 5.41) is 4.06. The predicted octanol–water partition coefficient (Wildman–Crippen LogP) is 4.47. The van der Waals surface area contributed by atoms with Gasteiger partial charge in [-0.15, -0.1) is 0 Å². The van der Waals surface area contributed by atoms with Crippen molar-refractivity contribution < 1.29 is 19.1 Å². The van der Waals surface area contributed by atoms with Crippen LogP contribution < -0.4 is 14.9 Å². The summed E-state index contributed by atoms with van der Waals surface area (Å²) in [6, 6.07) is 24.6. The van der Waals surface area contributed by atoms with Gasteiger partial charge in [0, 0.05) is 18.0 Å². The lowest BCUT2D eigenvalue weighted by Gasteiger charge is -2.09. The maximum absolute atomic E-state index is 12.7. The quantitative estimate of drug-likeness (QED) is 0.199. The first-order valence-electron chi connectivity index (χ1n) is 10.2. The average molecular weight is 439 g/mol. The first kappa shape index (κ1) is 21.6. The number of carbonyl (C=O) groups is 2. The van der Waals surface area contributed by atoms with Gasteiger partial charge in [0.05, 0.1) is 30.1 Å². The Morgan fingerprint density at radius 2 is 1.58 bits per heavy atom. The monoisotopic (exact) mass is 439 g/mol. The zero-order valence-corrected chi connectivity index (χ0v) is 17.8. The van der Waals surface area contributed by atoms with Crippen LogP contribution in [0.1, 0.15) is 26.3 Å². The Bertz CT molecular complexity index is 1280. The molecular weight excluding hydrogens is 418 g/mol. The molecule has 33 heavy (non-hydrogen) atoms. The Labute approximate surface area is 190 Å². The van der Waals surface area contributed by atoms with Gasteiger partial charge in [-0.25, -0.2) is 10.2 Å². The molecule has 0 spiro atoms. The first-order valence-corrected chi connectivity index (χ1v) is 10.2. The molecular formula is C26H21N3O4. The highest BCUT2D eigenvalue weighted by molar-refractivity contribution is 5.98. The fourth-order valence-corrected chi connectivity index (χ4v) is 3.17. The Hall–Kier alpha value is -4.65. The molecule has 0 radical (unpaired) electrons.